The van der Waals surface area contributed by atoms with Gasteiger partial charge in [0.25, 0.3) is 0 Å². The fraction of sp³-hybridized carbons (Fsp3) is 0.545. The fourth-order valence-corrected chi connectivity index (χ4v) is 3.98. The van der Waals surface area contributed by atoms with Gasteiger partial charge in [0, 0.05) is 16.0 Å². The molecule has 1 amide bonds. The van der Waals surface area contributed by atoms with Crippen LogP contribution in [0.1, 0.15) is 70.3 Å². The first-order valence-electron chi connectivity index (χ1n) is 9.83. The number of ether oxygens (including phenoxy) is 1. The molecule has 1 saturated carbocycles. The lowest BCUT2D eigenvalue weighted by atomic mass is 9.86. The summed E-state index contributed by atoms with van der Waals surface area (Å²) in [7, 11) is 0. The minimum Gasteiger partial charge on any atom is -0.371 e. The second-order valence-corrected chi connectivity index (χ2v) is 9.80. The number of hydrogen-bond acceptors (Lipinski definition) is 4. The Balaban J connectivity index is 1.66. The summed E-state index contributed by atoms with van der Waals surface area (Å²) in [5.74, 6) is 1.23. The predicted molar refractivity (Wildman–Crippen MR) is 113 cm³/mol. The highest BCUT2D eigenvalue weighted by atomic mass is 79.9. The molecule has 1 N–H and O–H groups in total. The quantitative estimate of drug-likeness (QED) is 0.609. The van der Waals surface area contributed by atoms with Gasteiger partial charge in [-0.3, -0.25) is 4.79 Å². The molecule has 1 aromatic carbocycles. The van der Waals surface area contributed by atoms with E-state index in [9.17, 15) is 4.79 Å². The Labute approximate surface area is 175 Å². The third-order valence-corrected chi connectivity index (χ3v) is 5.75. The average molecular weight is 449 g/mol. The van der Waals surface area contributed by atoms with Gasteiger partial charge in [0.1, 0.15) is 5.76 Å². The van der Waals surface area contributed by atoms with Crippen LogP contribution in [-0.4, -0.2) is 16.7 Å². The Bertz CT molecular complexity index is 833. The van der Waals surface area contributed by atoms with Crippen molar-refractivity contribution in [1.82, 2.24) is 5.16 Å². The van der Waals surface area contributed by atoms with Crippen LogP contribution >= 0.6 is 15.9 Å². The largest absolute Gasteiger partial charge is 0.371 e. The molecule has 0 spiro atoms. The number of amides is 1. The van der Waals surface area contributed by atoms with Gasteiger partial charge in [0.05, 0.1) is 18.6 Å². The minimum atomic E-state index is -0.241. The van der Waals surface area contributed by atoms with Crippen LogP contribution in [0.25, 0.3) is 0 Å². The average Bonchev–Trinajstić information content (AvgIpc) is 3.24. The minimum absolute atomic E-state index is 0.0408. The number of aromatic nitrogens is 1. The lowest BCUT2D eigenvalue weighted by Gasteiger charge is -2.21. The van der Waals surface area contributed by atoms with E-state index in [0.29, 0.717) is 12.4 Å². The van der Waals surface area contributed by atoms with Crippen LogP contribution < -0.4 is 5.32 Å². The first-order valence-corrected chi connectivity index (χ1v) is 10.6. The van der Waals surface area contributed by atoms with Crippen LogP contribution in [0.4, 0.5) is 5.82 Å². The maximum absolute atomic E-state index is 12.6. The lowest BCUT2D eigenvalue weighted by molar-refractivity contribution is -0.115. The number of carbonyl (C=O) groups excluding carboxylic acids is 1. The van der Waals surface area contributed by atoms with E-state index in [4.69, 9.17) is 9.26 Å². The number of carbonyl (C=O) groups is 1. The Hall–Kier alpha value is -1.66. The molecule has 1 aliphatic carbocycles. The Morgan fingerprint density at radius 3 is 2.64 bits per heavy atom. The third-order valence-electron chi connectivity index (χ3n) is 5.26. The number of halogens is 1. The Morgan fingerprint density at radius 1 is 1.25 bits per heavy atom. The first-order chi connectivity index (χ1) is 13.1. The molecule has 0 saturated heterocycles. The number of rotatable bonds is 6. The standard InChI is InChI=1S/C22H29BrN2O3/c1-21(2,3)27-14-16-11-17(23)8-7-15(16)12-20(26)24-19-13-18(28-25-19)22(4)9-5-6-10-22/h7-8,11,13H,5-6,9-10,12,14H2,1-4H3,(H,24,25,26). The van der Waals surface area contributed by atoms with Gasteiger partial charge in [-0.05, 0) is 56.9 Å². The molecule has 1 aliphatic rings. The normalized spacial score (nSPS) is 16.3. The molecule has 152 valence electrons. The molecule has 0 aliphatic heterocycles. The van der Waals surface area contributed by atoms with Crippen LogP contribution in [0.2, 0.25) is 0 Å². The third kappa shape index (κ3) is 5.45. The van der Waals surface area contributed by atoms with Crippen LogP contribution in [0, 0.1) is 0 Å². The molecule has 0 atom stereocenters. The molecule has 3 rings (SSSR count). The molecule has 1 fully saturated rings. The molecule has 6 heteroatoms. The SMILES string of the molecule is CC(C)(C)OCc1cc(Br)ccc1CC(=O)Nc1cc(C2(C)CCCC2)on1. The van der Waals surface area contributed by atoms with Gasteiger partial charge in [-0.25, -0.2) is 0 Å². The topological polar surface area (TPSA) is 64.4 Å². The van der Waals surface area contributed by atoms with Crippen molar-refractivity contribution >= 4 is 27.7 Å². The molecule has 0 bridgehead atoms. The second-order valence-electron chi connectivity index (χ2n) is 8.88. The van der Waals surface area contributed by atoms with E-state index < -0.39 is 0 Å². The van der Waals surface area contributed by atoms with Crippen molar-refractivity contribution < 1.29 is 14.1 Å². The second kappa shape index (κ2) is 8.37. The maximum atomic E-state index is 12.6. The van der Waals surface area contributed by atoms with E-state index in [2.05, 4.69) is 33.3 Å². The van der Waals surface area contributed by atoms with Crippen molar-refractivity contribution in [2.24, 2.45) is 0 Å². The van der Waals surface area contributed by atoms with Crippen molar-refractivity contribution in [3.05, 3.63) is 45.6 Å². The zero-order valence-corrected chi connectivity index (χ0v) is 18.7. The van der Waals surface area contributed by atoms with Crippen LogP contribution in [0.3, 0.4) is 0 Å². The first kappa shape index (κ1) is 21.1. The van der Waals surface area contributed by atoms with E-state index in [-0.39, 0.29) is 23.3 Å². The molecule has 5 nitrogen and oxygen atoms in total. The monoisotopic (exact) mass is 448 g/mol. The zero-order chi connectivity index (χ0) is 20.4. The van der Waals surface area contributed by atoms with E-state index in [0.717, 1.165) is 34.2 Å². The predicted octanol–water partition coefficient (Wildman–Crippen LogP) is 5.77. The summed E-state index contributed by atoms with van der Waals surface area (Å²) in [6.45, 7) is 8.71. The maximum Gasteiger partial charge on any atom is 0.230 e. The summed E-state index contributed by atoms with van der Waals surface area (Å²) in [6.07, 6.45) is 4.89. The van der Waals surface area contributed by atoms with Gasteiger partial charge in [-0.2, -0.15) is 0 Å². The fourth-order valence-electron chi connectivity index (χ4n) is 3.58. The van der Waals surface area contributed by atoms with Gasteiger partial charge < -0.3 is 14.6 Å². The summed E-state index contributed by atoms with van der Waals surface area (Å²) in [4.78, 5) is 12.6. The van der Waals surface area contributed by atoms with Crippen molar-refractivity contribution in [3.63, 3.8) is 0 Å². The molecule has 1 aromatic heterocycles. The van der Waals surface area contributed by atoms with Gasteiger partial charge in [0.2, 0.25) is 5.91 Å². The number of nitrogens with one attached hydrogen (secondary N) is 1. The summed E-state index contributed by atoms with van der Waals surface area (Å²) >= 11 is 3.50. The molecular weight excluding hydrogens is 420 g/mol. The molecule has 0 unspecified atom stereocenters. The summed E-state index contributed by atoms with van der Waals surface area (Å²) in [6, 6.07) is 7.77. The van der Waals surface area contributed by atoms with Crippen molar-refractivity contribution in [3.8, 4) is 0 Å². The van der Waals surface area contributed by atoms with Crippen molar-refractivity contribution in [2.75, 3.05) is 5.32 Å². The number of anilines is 1. The highest BCUT2D eigenvalue weighted by Gasteiger charge is 2.34. The van der Waals surface area contributed by atoms with Gasteiger partial charge in [-0.15, -0.1) is 0 Å². The zero-order valence-electron chi connectivity index (χ0n) is 17.1. The Morgan fingerprint density at radius 2 is 1.96 bits per heavy atom. The molecule has 0 radical (unpaired) electrons. The van der Waals surface area contributed by atoms with Gasteiger partial charge in [0.15, 0.2) is 5.82 Å². The highest BCUT2D eigenvalue weighted by Crippen LogP contribution is 2.41. The highest BCUT2D eigenvalue weighted by molar-refractivity contribution is 9.10. The van der Waals surface area contributed by atoms with Crippen molar-refractivity contribution in [2.45, 2.75) is 77.4 Å². The van der Waals surface area contributed by atoms with Crippen LogP contribution in [0.5, 0.6) is 0 Å². The van der Waals surface area contributed by atoms with E-state index in [1.165, 1.54) is 12.8 Å². The van der Waals surface area contributed by atoms with Gasteiger partial charge in [-0.1, -0.05) is 46.9 Å². The van der Waals surface area contributed by atoms with E-state index >= 15 is 0 Å². The molecule has 28 heavy (non-hydrogen) atoms. The lowest BCUT2D eigenvalue weighted by Crippen LogP contribution is -2.20. The van der Waals surface area contributed by atoms with Crippen LogP contribution in [-0.2, 0) is 28.0 Å². The summed E-state index contributed by atoms with van der Waals surface area (Å²) < 4.78 is 12.4. The molecular formula is C22H29BrN2O3. The number of hydrogen-bond donors (Lipinski definition) is 1. The summed E-state index contributed by atoms with van der Waals surface area (Å²) in [5.41, 5.74) is 1.74. The number of nitrogens with zero attached hydrogens (tertiary/aromatic N) is 1. The van der Waals surface area contributed by atoms with E-state index in [1.807, 2.05) is 45.0 Å². The molecule has 1 heterocycles. The smallest absolute Gasteiger partial charge is 0.230 e. The number of benzene rings is 1. The van der Waals surface area contributed by atoms with Gasteiger partial charge >= 0.3 is 0 Å². The molecule has 2 aromatic rings. The summed E-state index contributed by atoms with van der Waals surface area (Å²) in [5, 5.41) is 6.92. The van der Waals surface area contributed by atoms with E-state index in [1.54, 1.807) is 0 Å². The Kier molecular flexibility index (Phi) is 6.30. The van der Waals surface area contributed by atoms with Crippen LogP contribution in [0.15, 0.2) is 33.3 Å². The van der Waals surface area contributed by atoms with Crippen molar-refractivity contribution in [1.29, 1.82) is 0 Å².